The summed E-state index contributed by atoms with van der Waals surface area (Å²) < 4.78 is 0. The van der Waals surface area contributed by atoms with Crippen molar-refractivity contribution in [2.24, 2.45) is 0 Å². The van der Waals surface area contributed by atoms with Crippen molar-refractivity contribution >= 4 is 16.9 Å². The van der Waals surface area contributed by atoms with Crippen LogP contribution in [0, 0.1) is 6.92 Å². The number of fused-ring (bicyclic) bond motifs is 1. The molecule has 0 bridgehead atoms. The van der Waals surface area contributed by atoms with Crippen molar-refractivity contribution in [3.8, 4) is 11.1 Å². The topological polar surface area (TPSA) is 66.0 Å². The fourth-order valence-corrected chi connectivity index (χ4v) is 2.18. The molecular weight excluding hydrogens is 240 g/mol. The number of carboxylic acid groups (broad SMARTS) is 1. The Morgan fingerprint density at radius 3 is 2.84 bits per heavy atom. The maximum atomic E-state index is 11.1. The van der Waals surface area contributed by atoms with Gasteiger partial charge in [0.25, 0.3) is 0 Å². The van der Waals surface area contributed by atoms with E-state index >= 15 is 0 Å². The molecule has 0 radical (unpaired) electrons. The highest BCUT2D eigenvalue weighted by Gasteiger charge is 2.13. The average molecular weight is 252 g/mol. The maximum Gasteiger partial charge on any atom is 0.352 e. The monoisotopic (exact) mass is 252 g/mol. The Labute approximate surface area is 109 Å². The summed E-state index contributed by atoms with van der Waals surface area (Å²) in [6.07, 6.45) is 1.64. The summed E-state index contributed by atoms with van der Waals surface area (Å²) >= 11 is 0. The smallest absolute Gasteiger partial charge is 0.352 e. The molecule has 2 aromatic heterocycles. The van der Waals surface area contributed by atoms with Gasteiger partial charge in [-0.25, -0.2) is 4.79 Å². The van der Waals surface area contributed by atoms with E-state index in [-0.39, 0.29) is 5.69 Å². The number of rotatable bonds is 2. The van der Waals surface area contributed by atoms with Crippen LogP contribution in [0.3, 0.4) is 0 Å². The van der Waals surface area contributed by atoms with Crippen LogP contribution < -0.4 is 0 Å². The van der Waals surface area contributed by atoms with Crippen LogP contribution >= 0.6 is 0 Å². The lowest BCUT2D eigenvalue weighted by atomic mass is 10.0. The Morgan fingerprint density at radius 2 is 2.05 bits per heavy atom. The van der Waals surface area contributed by atoms with E-state index in [1.54, 1.807) is 12.3 Å². The van der Waals surface area contributed by atoms with Crippen molar-refractivity contribution < 1.29 is 9.90 Å². The second-order valence-electron chi connectivity index (χ2n) is 4.43. The second-order valence-corrected chi connectivity index (χ2v) is 4.43. The number of H-pyrrole nitrogens is 1. The van der Waals surface area contributed by atoms with E-state index in [0.29, 0.717) is 5.56 Å². The molecule has 4 nitrogen and oxygen atoms in total. The lowest BCUT2D eigenvalue weighted by Gasteiger charge is -2.04. The summed E-state index contributed by atoms with van der Waals surface area (Å²) in [6, 6.07) is 11.5. The van der Waals surface area contributed by atoms with Gasteiger partial charge in [-0.15, -0.1) is 0 Å². The van der Waals surface area contributed by atoms with E-state index in [1.807, 2.05) is 37.3 Å². The molecule has 0 unspecified atom stereocenters. The van der Waals surface area contributed by atoms with Gasteiger partial charge in [-0.3, -0.25) is 4.98 Å². The molecule has 1 aromatic carbocycles. The first-order chi connectivity index (χ1) is 9.15. The highest BCUT2D eigenvalue weighted by Crippen LogP contribution is 2.26. The predicted octanol–water partition coefficient (Wildman–Crippen LogP) is 3.24. The van der Waals surface area contributed by atoms with Crippen LogP contribution in [0.25, 0.3) is 22.0 Å². The first kappa shape index (κ1) is 11.5. The summed E-state index contributed by atoms with van der Waals surface area (Å²) in [5, 5.41) is 10.1. The maximum absolute atomic E-state index is 11.1. The number of benzene rings is 1. The van der Waals surface area contributed by atoms with Gasteiger partial charge >= 0.3 is 5.97 Å². The Bertz CT molecular complexity index is 775. The lowest BCUT2D eigenvalue weighted by molar-refractivity contribution is 0.0692. The Morgan fingerprint density at radius 1 is 1.21 bits per heavy atom. The third kappa shape index (κ3) is 1.97. The third-order valence-corrected chi connectivity index (χ3v) is 3.10. The van der Waals surface area contributed by atoms with Crippen molar-refractivity contribution in [3.63, 3.8) is 0 Å². The van der Waals surface area contributed by atoms with Crippen LogP contribution in [0.15, 0.2) is 42.6 Å². The zero-order valence-electron chi connectivity index (χ0n) is 10.3. The highest BCUT2D eigenvalue weighted by molar-refractivity contribution is 5.96. The lowest BCUT2D eigenvalue weighted by Crippen LogP contribution is -1.98. The predicted molar refractivity (Wildman–Crippen MR) is 73.2 cm³/mol. The fourth-order valence-electron chi connectivity index (χ4n) is 2.18. The van der Waals surface area contributed by atoms with Gasteiger partial charge in [-0.1, -0.05) is 12.1 Å². The van der Waals surface area contributed by atoms with Crippen molar-refractivity contribution in [3.05, 3.63) is 54.0 Å². The van der Waals surface area contributed by atoms with Crippen molar-refractivity contribution in [2.45, 2.75) is 6.92 Å². The highest BCUT2D eigenvalue weighted by atomic mass is 16.4. The second kappa shape index (κ2) is 4.24. The molecule has 4 heteroatoms. The Hall–Kier alpha value is -2.62. The minimum Gasteiger partial charge on any atom is -0.477 e. The molecule has 2 N–H and O–H groups in total. The largest absolute Gasteiger partial charge is 0.477 e. The molecule has 0 aliphatic carbocycles. The van der Waals surface area contributed by atoms with Crippen LogP contribution in [0.2, 0.25) is 0 Å². The number of carboxylic acids is 1. The normalized spacial score (nSPS) is 10.8. The van der Waals surface area contributed by atoms with Crippen molar-refractivity contribution in [2.75, 3.05) is 0 Å². The number of aromatic carboxylic acids is 1. The quantitative estimate of drug-likeness (QED) is 0.735. The summed E-state index contributed by atoms with van der Waals surface area (Å²) in [5.41, 5.74) is 3.65. The first-order valence-corrected chi connectivity index (χ1v) is 5.93. The number of nitrogens with zero attached hydrogens (tertiary/aromatic N) is 1. The summed E-state index contributed by atoms with van der Waals surface area (Å²) in [7, 11) is 0. The Balaban J connectivity index is 2.18. The van der Waals surface area contributed by atoms with Gasteiger partial charge in [0.2, 0.25) is 0 Å². The molecule has 0 aliphatic heterocycles. The van der Waals surface area contributed by atoms with Crippen LogP contribution in [0.5, 0.6) is 0 Å². The molecule has 0 saturated heterocycles. The van der Waals surface area contributed by atoms with Crippen LogP contribution in [0.1, 0.15) is 16.2 Å². The molecular formula is C15H12N2O2. The summed E-state index contributed by atoms with van der Waals surface area (Å²) in [4.78, 5) is 18.3. The average Bonchev–Trinajstić information content (AvgIpc) is 2.87. The molecule has 0 fully saturated rings. The minimum absolute atomic E-state index is 0.208. The third-order valence-electron chi connectivity index (χ3n) is 3.10. The van der Waals surface area contributed by atoms with Gasteiger partial charge in [0.1, 0.15) is 5.69 Å². The molecule has 3 aromatic rings. The zero-order valence-corrected chi connectivity index (χ0v) is 10.3. The van der Waals surface area contributed by atoms with Gasteiger partial charge in [0.05, 0.1) is 5.52 Å². The number of hydrogen-bond donors (Lipinski definition) is 2. The first-order valence-electron chi connectivity index (χ1n) is 5.93. The van der Waals surface area contributed by atoms with Crippen molar-refractivity contribution in [1.29, 1.82) is 0 Å². The van der Waals surface area contributed by atoms with Gasteiger partial charge in [-0.05, 0) is 36.8 Å². The van der Waals surface area contributed by atoms with Crippen molar-refractivity contribution in [1.82, 2.24) is 9.97 Å². The van der Waals surface area contributed by atoms with Gasteiger partial charge in [0.15, 0.2) is 0 Å². The minimum atomic E-state index is -0.956. The molecule has 94 valence electrons. The van der Waals surface area contributed by atoms with Gasteiger partial charge in [-0.2, -0.15) is 0 Å². The summed E-state index contributed by atoms with van der Waals surface area (Å²) in [5.74, 6) is -0.956. The van der Waals surface area contributed by atoms with E-state index in [0.717, 1.165) is 22.2 Å². The van der Waals surface area contributed by atoms with E-state index in [4.69, 9.17) is 5.11 Å². The zero-order chi connectivity index (χ0) is 13.4. The van der Waals surface area contributed by atoms with Crippen LogP contribution in [-0.4, -0.2) is 21.0 Å². The number of aromatic nitrogens is 2. The number of carbonyl (C=O) groups is 1. The standard InChI is InChI=1S/C15H12N2O2/c1-9-2-3-11-8-10(4-5-13(11)17-9)12-6-7-16-14(12)15(18)19/h2-8,16H,1H3,(H,18,19). The number of pyridine rings is 1. The molecule has 0 aliphatic rings. The van der Waals surface area contributed by atoms with E-state index in [9.17, 15) is 4.79 Å². The van der Waals surface area contributed by atoms with E-state index < -0.39 is 5.97 Å². The molecule has 0 saturated carbocycles. The number of aryl methyl sites for hydroxylation is 1. The molecule has 0 spiro atoms. The van der Waals surface area contributed by atoms with Gasteiger partial charge in [0, 0.05) is 22.8 Å². The van der Waals surface area contributed by atoms with E-state index in [1.165, 1.54) is 0 Å². The van der Waals surface area contributed by atoms with Crippen LogP contribution in [-0.2, 0) is 0 Å². The molecule has 2 heterocycles. The molecule has 0 atom stereocenters. The van der Waals surface area contributed by atoms with E-state index in [2.05, 4.69) is 9.97 Å². The van der Waals surface area contributed by atoms with Gasteiger partial charge < -0.3 is 10.1 Å². The Kier molecular flexibility index (Phi) is 2.56. The molecule has 3 rings (SSSR count). The number of hydrogen-bond acceptors (Lipinski definition) is 2. The summed E-state index contributed by atoms with van der Waals surface area (Å²) in [6.45, 7) is 1.95. The number of nitrogens with one attached hydrogen (secondary N) is 1. The fraction of sp³-hybridized carbons (Fsp3) is 0.0667. The number of aromatic amines is 1. The molecule has 0 amide bonds. The molecule has 19 heavy (non-hydrogen) atoms. The van der Waals surface area contributed by atoms with Crippen LogP contribution in [0.4, 0.5) is 0 Å². The SMILES string of the molecule is Cc1ccc2cc(-c3cc[nH]c3C(=O)O)ccc2n1.